The van der Waals surface area contributed by atoms with Crippen LogP contribution in [0.4, 0.5) is 0 Å². The van der Waals surface area contributed by atoms with Crippen molar-refractivity contribution in [2.24, 2.45) is 0 Å². The second-order valence-electron chi connectivity index (χ2n) is 2.67. The Morgan fingerprint density at radius 3 is 2.40 bits per heavy atom. The third-order valence-corrected chi connectivity index (χ3v) is 1.91. The van der Waals surface area contributed by atoms with Crippen LogP contribution in [0.1, 0.15) is 20.7 Å². The normalized spacial score (nSPS) is 9.47. The van der Waals surface area contributed by atoms with Gasteiger partial charge in [-0.15, -0.1) is 0 Å². The van der Waals surface area contributed by atoms with E-state index < -0.39 is 5.97 Å². The number of carbonyl (C=O) groups excluding carboxylic acids is 2. The summed E-state index contributed by atoms with van der Waals surface area (Å²) in [6.45, 7) is 0. The van der Waals surface area contributed by atoms with Gasteiger partial charge in [0.1, 0.15) is 0 Å². The lowest BCUT2D eigenvalue weighted by Gasteiger charge is -2.14. The zero-order valence-corrected chi connectivity index (χ0v) is 8.27. The molecule has 5 heteroatoms. The van der Waals surface area contributed by atoms with Crippen molar-refractivity contribution in [2.45, 2.75) is 0 Å². The van der Waals surface area contributed by atoms with Crippen LogP contribution in [0.25, 0.3) is 0 Å². The molecule has 0 N–H and O–H groups in total. The van der Waals surface area contributed by atoms with Crippen LogP contribution in [0.3, 0.4) is 0 Å². The average molecular weight is 209 g/mol. The fourth-order valence-corrected chi connectivity index (χ4v) is 1.25. The Morgan fingerprint density at radius 2 is 2.00 bits per heavy atom. The van der Waals surface area contributed by atoms with E-state index in [1.165, 1.54) is 26.4 Å². The van der Waals surface area contributed by atoms with Crippen LogP contribution in [-0.2, 0) is 0 Å². The molecule has 1 rings (SSSR count). The highest BCUT2D eigenvalue weighted by Gasteiger charge is 2.15. The molecule has 0 saturated carbocycles. The van der Waals surface area contributed by atoms with Crippen molar-refractivity contribution in [3.63, 3.8) is 0 Å². The van der Waals surface area contributed by atoms with Crippen molar-refractivity contribution < 1.29 is 24.2 Å². The molecule has 0 spiro atoms. The van der Waals surface area contributed by atoms with E-state index in [1.807, 2.05) is 0 Å². The van der Waals surface area contributed by atoms with Gasteiger partial charge in [0.15, 0.2) is 17.8 Å². The van der Waals surface area contributed by atoms with Crippen molar-refractivity contribution in [2.75, 3.05) is 14.2 Å². The molecule has 15 heavy (non-hydrogen) atoms. The number of methoxy groups -OCH3 is 2. The van der Waals surface area contributed by atoms with E-state index in [4.69, 9.17) is 9.47 Å². The van der Waals surface area contributed by atoms with Gasteiger partial charge < -0.3 is 19.4 Å². The fraction of sp³-hybridized carbons (Fsp3) is 0.200. The Hall–Kier alpha value is -2.04. The Balaban J connectivity index is 3.51. The Kier molecular flexibility index (Phi) is 3.28. The monoisotopic (exact) mass is 209 g/mol. The number of carbonyl (C=O) groups is 2. The number of ether oxygens (including phenoxy) is 2. The highest BCUT2D eigenvalue weighted by atomic mass is 16.5. The first-order valence-corrected chi connectivity index (χ1v) is 4.07. The summed E-state index contributed by atoms with van der Waals surface area (Å²) in [5.41, 5.74) is -0.306. The van der Waals surface area contributed by atoms with Gasteiger partial charge in [-0.25, -0.2) is 0 Å². The topological polar surface area (TPSA) is 75.7 Å². The molecule has 1 aromatic rings. The minimum atomic E-state index is -1.48. The van der Waals surface area contributed by atoms with E-state index in [1.54, 1.807) is 0 Å². The van der Waals surface area contributed by atoms with Gasteiger partial charge in [0.05, 0.1) is 25.8 Å². The molecule has 5 nitrogen and oxygen atoms in total. The van der Waals surface area contributed by atoms with E-state index in [2.05, 4.69) is 0 Å². The summed E-state index contributed by atoms with van der Waals surface area (Å²) in [6.07, 6.45) is 0.424. The third kappa shape index (κ3) is 1.90. The maximum atomic E-state index is 10.8. The predicted octanol–water partition coefficient (Wildman–Crippen LogP) is -0.120. The van der Waals surface area contributed by atoms with Gasteiger partial charge in [0.2, 0.25) is 0 Å². The van der Waals surface area contributed by atoms with Gasteiger partial charge in [0, 0.05) is 5.56 Å². The molecule has 0 bridgehead atoms. The highest BCUT2D eigenvalue weighted by molar-refractivity contribution is 5.99. The van der Waals surface area contributed by atoms with Gasteiger partial charge in [-0.05, 0) is 12.1 Å². The van der Waals surface area contributed by atoms with Crippen LogP contribution in [0.15, 0.2) is 12.1 Å². The molecule has 0 heterocycles. The lowest BCUT2D eigenvalue weighted by atomic mass is 10.1. The summed E-state index contributed by atoms with van der Waals surface area (Å²) in [4.78, 5) is 21.4. The lowest BCUT2D eigenvalue weighted by Crippen LogP contribution is -2.24. The molecule has 0 aliphatic carbocycles. The van der Waals surface area contributed by atoms with Crippen LogP contribution in [-0.4, -0.2) is 26.5 Å². The first kappa shape index (κ1) is 11.0. The molecule has 1 aromatic carbocycles. The Bertz CT molecular complexity index is 397. The molecular formula is C10H9O5-. The molecule has 0 aromatic heterocycles. The molecule has 0 amide bonds. The van der Waals surface area contributed by atoms with E-state index in [9.17, 15) is 14.7 Å². The molecule has 80 valence electrons. The summed E-state index contributed by atoms with van der Waals surface area (Å²) < 4.78 is 9.76. The zero-order chi connectivity index (χ0) is 11.4. The minimum absolute atomic E-state index is 0.00681. The number of rotatable bonds is 4. The largest absolute Gasteiger partial charge is 0.545 e. The Labute approximate surface area is 86.2 Å². The van der Waals surface area contributed by atoms with Gasteiger partial charge in [-0.3, -0.25) is 4.79 Å². The molecule has 0 unspecified atom stereocenters. The van der Waals surface area contributed by atoms with Crippen molar-refractivity contribution in [1.29, 1.82) is 0 Å². The summed E-state index contributed by atoms with van der Waals surface area (Å²) in [6, 6.07) is 2.79. The van der Waals surface area contributed by atoms with Crippen LogP contribution < -0.4 is 14.6 Å². The maximum absolute atomic E-state index is 10.8. The molecule has 0 saturated heterocycles. The van der Waals surface area contributed by atoms with Crippen molar-refractivity contribution in [3.8, 4) is 11.5 Å². The smallest absolute Gasteiger partial charge is 0.170 e. The second-order valence-corrected chi connectivity index (χ2v) is 2.67. The quantitative estimate of drug-likeness (QED) is 0.646. The van der Waals surface area contributed by atoms with Crippen LogP contribution in [0.2, 0.25) is 0 Å². The van der Waals surface area contributed by atoms with Crippen molar-refractivity contribution in [1.82, 2.24) is 0 Å². The average Bonchev–Trinajstić information content (AvgIpc) is 2.26. The summed E-state index contributed by atoms with van der Waals surface area (Å²) in [5.74, 6) is -1.25. The summed E-state index contributed by atoms with van der Waals surface area (Å²) in [5, 5.41) is 10.8. The standard InChI is InChI=1S/C10H10O5/c1-14-7-4-3-6(5-11)8(10(12)13)9(7)15-2/h3-5H,1-2H3,(H,12,13)/p-1. The van der Waals surface area contributed by atoms with E-state index in [0.717, 1.165) is 0 Å². The number of benzene rings is 1. The summed E-state index contributed by atoms with van der Waals surface area (Å²) in [7, 11) is 2.66. The minimum Gasteiger partial charge on any atom is -0.545 e. The van der Waals surface area contributed by atoms with Crippen LogP contribution in [0, 0.1) is 0 Å². The van der Waals surface area contributed by atoms with Crippen molar-refractivity contribution >= 4 is 12.3 Å². The van der Waals surface area contributed by atoms with Gasteiger partial charge in [-0.1, -0.05) is 0 Å². The number of hydrogen-bond acceptors (Lipinski definition) is 5. The molecule has 0 aliphatic heterocycles. The van der Waals surface area contributed by atoms with E-state index in [0.29, 0.717) is 6.29 Å². The van der Waals surface area contributed by atoms with Crippen LogP contribution >= 0.6 is 0 Å². The SMILES string of the molecule is COc1ccc(C=O)c(C(=O)[O-])c1OC. The Morgan fingerprint density at radius 1 is 1.33 bits per heavy atom. The van der Waals surface area contributed by atoms with E-state index >= 15 is 0 Å². The number of carboxylic acids is 1. The third-order valence-electron chi connectivity index (χ3n) is 1.91. The second kappa shape index (κ2) is 4.45. The highest BCUT2D eigenvalue weighted by Crippen LogP contribution is 2.32. The van der Waals surface area contributed by atoms with Gasteiger partial charge in [0.25, 0.3) is 0 Å². The van der Waals surface area contributed by atoms with Gasteiger partial charge in [-0.2, -0.15) is 0 Å². The molecular weight excluding hydrogens is 200 g/mol. The molecule has 0 atom stereocenters. The van der Waals surface area contributed by atoms with E-state index in [-0.39, 0.29) is 22.6 Å². The number of aldehydes is 1. The van der Waals surface area contributed by atoms with Crippen molar-refractivity contribution in [3.05, 3.63) is 23.3 Å². The van der Waals surface area contributed by atoms with Crippen LogP contribution in [0.5, 0.6) is 11.5 Å². The molecule has 0 aliphatic rings. The summed E-state index contributed by atoms with van der Waals surface area (Å²) >= 11 is 0. The molecule has 0 fully saturated rings. The zero-order valence-electron chi connectivity index (χ0n) is 8.27. The fourth-order valence-electron chi connectivity index (χ4n) is 1.25. The number of hydrogen-bond donors (Lipinski definition) is 0. The van der Waals surface area contributed by atoms with Gasteiger partial charge >= 0.3 is 0 Å². The number of carboxylic acid groups (broad SMARTS) is 1. The molecule has 0 radical (unpaired) electrons. The lowest BCUT2D eigenvalue weighted by molar-refractivity contribution is -0.255. The first-order valence-electron chi connectivity index (χ1n) is 4.07. The predicted molar refractivity (Wildman–Crippen MR) is 49.3 cm³/mol. The number of aromatic carboxylic acids is 1. The first-order chi connectivity index (χ1) is 7.15. The maximum Gasteiger partial charge on any atom is 0.170 e.